The summed E-state index contributed by atoms with van der Waals surface area (Å²) in [5.41, 5.74) is 1.12. The summed E-state index contributed by atoms with van der Waals surface area (Å²) in [6, 6.07) is 11.8. The first-order valence-corrected chi connectivity index (χ1v) is 7.38. The zero-order valence-electron chi connectivity index (χ0n) is 13.8. The monoisotopic (exact) mass is 429 g/mol. The molecule has 1 aromatic heterocycles. The van der Waals surface area contributed by atoms with Crippen molar-refractivity contribution in [3.05, 3.63) is 54.0 Å². The predicted octanol–water partition coefficient (Wildman–Crippen LogP) is 3.50. The van der Waals surface area contributed by atoms with Gasteiger partial charge in [0, 0.05) is 25.7 Å². The maximum atomic E-state index is 5.40. The van der Waals surface area contributed by atoms with Gasteiger partial charge < -0.3 is 19.4 Å². The van der Waals surface area contributed by atoms with Crippen molar-refractivity contribution >= 4 is 29.9 Å². The standard InChI is InChI=1S/C17H23N3O2.HI/c1-4-18-17(19-12-15-9-7-11-22-15)20(2)13-14-8-5-6-10-16(14)21-3;/h5-11H,4,12-13H2,1-3H3,(H,18,19);1H. The second-order valence-corrected chi connectivity index (χ2v) is 4.92. The van der Waals surface area contributed by atoms with Gasteiger partial charge in [-0.05, 0) is 25.1 Å². The number of methoxy groups -OCH3 is 1. The number of halogens is 1. The number of nitrogens with one attached hydrogen (secondary N) is 1. The fraction of sp³-hybridized carbons (Fsp3) is 0.353. The Kier molecular flexibility index (Phi) is 8.53. The maximum Gasteiger partial charge on any atom is 0.194 e. The average Bonchev–Trinajstić information content (AvgIpc) is 3.05. The molecule has 0 spiro atoms. The predicted molar refractivity (Wildman–Crippen MR) is 103 cm³/mol. The number of aliphatic imine (C=N–C) groups is 1. The van der Waals surface area contributed by atoms with Crippen molar-refractivity contribution in [1.82, 2.24) is 10.2 Å². The van der Waals surface area contributed by atoms with Crippen molar-refractivity contribution in [2.24, 2.45) is 4.99 Å². The van der Waals surface area contributed by atoms with Crippen LogP contribution in [0.5, 0.6) is 5.75 Å². The molecule has 0 saturated carbocycles. The molecule has 2 rings (SSSR count). The Bertz CT molecular complexity index is 600. The summed E-state index contributed by atoms with van der Waals surface area (Å²) in [6.07, 6.45) is 1.66. The molecule has 2 aromatic rings. The third-order valence-corrected chi connectivity index (χ3v) is 3.26. The van der Waals surface area contributed by atoms with E-state index in [1.807, 2.05) is 37.4 Å². The highest BCUT2D eigenvalue weighted by Gasteiger charge is 2.10. The number of hydrogen-bond acceptors (Lipinski definition) is 3. The van der Waals surface area contributed by atoms with E-state index in [1.54, 1.807) is 13.4 Å². The minimum absolute atomic E-state index is 0. The second-order valence-electron chi connectivity index (χ2n) is 4.92. The van der Waals surface area contributed by atoms with Gasteiger partial charge in [0.1, 0.15) is 18.1 Å². The van der Waals surface area contributed by atoms with Gasteiger partial charge >= 0.3 is 0 Å². The van der Waals surface area contributed by atoms with Gasteiger partial charge in [-0.25, -0.2) is 4.99 Å². The van der Waals surface area contributed by atoms with Gasteiger partial charge in [0.15, 0.2) is 5.96 Å². The number of rotatable bonds is 6. The fourth-order valence-corrected chi connectivity index (χ4v) is 2.19. The van der Waals surface area contributed by atoms with Crippen molar-refractivity contribution in [1.29, 1.82) is 0 Å². The first-order chi connectivity index (χ1) is 10.7. The van der Waals surface area contributed by atoms with E-state index in [0.29, 0.717) is 13.1 Å². The molecule has 6 heteroatoms. The molecule has 0 aliphatic heterocycles. The molecule has 5 nitrogen and oxygen atoms in total. The molecule has 0 atom stereocenters. The SMILES string of the molecule is CCNC(=NCc1ccco1)N(C)Cc1ccccc1OC.I. The summed E-state index contributed by atoms with van der Waals surface area (Å²) >= 11 is 0. The van der Waals surface area contributed by atoms with Gasteiger partial charge in [0.25, 0.3) is 0 Å². The van der Waals surface area contributed by atoms with E-state index in [4.69, 9.17) is 9.15 Å². The van der Waals surface area contributed by atoms with Crippen LogP contribution in [-0.4, -0.2) is 31.6 Å². The molecule has 1 N–H and O–H groups in total. The Morgan fingerprint density at radius 1 is 1.26 bits per heavy atom. The van der Waals surface area contributed by atoms with E-state index >= 15 is 0 Å². The lowest BCUT2D eigenvalue weighted by molar-refractivity contribution is 0.395. The molecular formula is C17H24IN3O2. The zero-order chi connectivity index (χ0) is 15.8. The summed E-state index contributed by atoms with van der Waals surface area (Å²) in [5, 5.41) is 3.30. The zero-order valence-corrected chi connectivity index (χ0v) is 16.1. The lowest BCUT2D eigenvalue weighted by Crippen LogP contribution is -2.38. The third-order valence-electron chi connectivity index (χ3n) is 3.26. The number of guanidine groups is 1. The van der Waals surface area contributed by atoms with Gasteiger partial charge in [-0.1, -0.05) is 18.2 Å². The quantitative estimate of drug-likeness (QED) is 0.434. The molecule has 0 aliphatic rings. The topological polar surface area (TPSA) is 50.0 Å². The van der Waals surface area contributed by atoms with Gasteiger partial charge in [-0.3, -0.25) is 0 Å². The van der Waals surface area contributed by atoms with Crippen LogP contribution in [0.25, 0.3) is 0 Å². The highest BCUT2D eigenvalue weighted by Crippen LogP contribution is 2.18. The van der Waals surface area contributed by atoms with Crippen LogP contribution in [0.2, 0.25) is 0 Å². The van der Waals surface area contributed by atoms with E-state index in [9.17, 15) is 0 Å². The Labute approximate surface area is 154 Å². The largest absolute Gasteiger partial charge is 0.496 e. The molecule has 0 saturated heterocycles. The fourth-order valence-electron chi connectivity index (χ4n) is 2.19. The number of nitrogens with zero attached hydrogens (tertiary/aromatic N) is 2. The van der Waals surface area contributed by atoms with Gasteiger partial charge in [-0.15, -0.1) is 24.0 Å². The van der Waals surface area contributed by atoms with Crippen LogP contribution in [0.1, 0.15) is 18.2 Å². The van der Waals surface area contributed by atoms with Crippen molar-refractivity contribution in [3.63, 3.8) is 0 Å². The summed E-state index contributed by atoms with van der Waals surface area (Å²) < 4.78 is 10.7. The summed E-state index contributed by atoms with van der Waals surface area (Å²) in [7, 11) is 3.70. The highest BCUT2D eigenvalue weighted by atomic mass is 127. The summed E-state index contributed by atoms with van der Waals surface area (Å²) in [4.78, 5) is 6.68. The van der Waals surface area contributed by atoms with Crippen molar-refractivity contribution in [3.8, 4) is 5.75 Å². The summed E-state index contributed by atoms with van der Waals surface area (Å²) in [6.45, 7) is 4.10. The van der Waals surface area contributed by atoms with Crippen molar-refractivity contribution in [2.75, 3.05) is 20.7 Å². The molecule has 126 valence electrons. The minimum Gasteiger partial charge on any atom is -0.496 e. The molecule has 0 unspecified atom stereocenters. The van der Waals surface area contributed by atoms with Crippen molar-refractivity contribution < 1.29 is 9.15 Å². The van der Waals surface area contributed by atoms with Crippen LogP contribution in [0, 0.1) is 0 Å². The molecule has 0 fully saturated rings. The molecule has 1 aromatic carbocycles. The molecule has 1 heterocycles. The smallest absolute Gasteiger partial charge is 0.194 e. The van der Waals surface area contributed by atoms with E-state index < -0.39 is 0 Å². The average molecular weight is 429 g/mol. The van der Waals surface area contributed by atoms with Gasteiger partial charge in [-0.2, -0.15) is 0 Å². The van der Waals surface area contributed by atoms with Crippen LogP contribution >= 0.6 is 24.0 Å². The molecule has 0 aliphatic carbocycles. The normalized spacial score (nSPS) is 10.8. The number of hydrogen-bond donors (Lipinski definition) is 1. The van der Waals surface area contributed by atoms with Gasteiger partial charge in [0.2, 0.25) is 0 Å². The van der Waals surface area contributed by atoms with Crippen LogP contribution in [0.3, 0.4) is 0 Å². The molecule has 0 amide bonds. The van der Waals surface area contributed by atoms with E-state index in [1.165, 1.54) is 0 Å². The third kappa shape index (κ3) is 5.78. The highest BCUT2D eigenvalue weighted by molar-refractivity contribution is 14.0. The maximum absolute atomic E-state index is 5.40. The van der Waals surface area contributed by atoms with Gasteiger partial charge in [0.05, 0.1) is 13.4 Å². The number of para-hydroxylation sites is 1. The number of furan rings is 1. The molecule has 0 bridgehead atoms. The molecular weight excluding hydrogens is 405 g/mol. The lowest BCUT2D eigenvalue weighted by Gasteiger charge is -2.23. The first kappa shape index (κ1) is 19.3. The van der Waals surface area contributed by atoms with Crippen LogP contribution in [0.4, 0.5) is 0 Å². The Morgan fingerprint density at radius 2 is 2.04 bits per heavy atom. The Balaban J connectivity index is 0.00000264. The molecule has 23 heavy (non-hydrogen) atoms. The van der Waals surface area contributed by atoms with E-state index in [0.717, 1.165) is 29.6 Å². The van der Waals surface area contributed by atoms with Crippen molar-refractivity contribution in [2.45, 2.75) is 20.0 Å². The minimum atomic E-state index is 0. The first-order valence-electron chi connectivity index (χ1n) is 7.38. The lowest BCUT2D eigenvalue weighted by atomic mass is 10.2. The number of ether oxygens (including phenoxy) is 1. The number of benzene rings is 1. The van der Waals surface area contributed by atoms with E-state index in [-0.39, 0.29) is 24.0 Å². The van der Waals surface area contributed by atoms with Crippen LogP contribution in [0.15, 0.2) is 52.1 Å². The van der Waals surface area contributed by atoms with E-state index in [2.05, 4.69) is 28.2 Å². The Hall–Kier alpha value is -1.70. The van der Waals surface area contributed by atoms with Crippen LogP contribution < -0.4 is 10.1 Å². The molecule has 0 radical (unpaired) electrons. The second kappa shape index (κ2) is 10.1. The Morgan fingerprint density at radius 3 is 2.70 bits per heavy atom. The summed E-state index contributed by atoms with van der Waals surface area (Å²) in [5.74, 6) is 2.57. The van der Waals surface area contributed by atoms with Crippen LogP contribution in [-0.2, 0) is 13.1 Å².